The maximum Gasteiger partial charge on any atom is 0.417 e. The van der Waals surface area contributed by atoms with Crippen molar-refractivity contribution in [2.75, 3.05) is 0 Å². The summed E-state index contributed by atoms with van der Waals surface area (Å²) in [5.41, 5.74) is -1.31. The molecule has 0 spiro atoms. The van der Waals surface area contributed by atoms with Crippen LogP contribution in [0.4, 0.5) is 13.2 Å². The van der Waals surface area contributed by atoms with E-state index in [-0.39, 0.29) is 34.3 Å². The topological polar surface area (TPSA) is 94.2 Å². The number of rotatable bonds is 3. The van der Waals surface area contributed by atoms with Gasteiger partial charge in [0.1, 0.15) is 0 Å². The number of halogens is 4. The van der Waals surface area contributed by atoms with Crippen molar-refractivity contribution < 1.29 is 18.0 Å². The molecule has 0 unspecified atom stereocenters. The second kappa shape index (κ2) is 7.10. The number of hydrogen-bond acceptors (Lipinski definition) is 5. The molecule has 1 amide bonds. The highest BCUT2D eigenvalue weighted by molar-refractivity contribution is 6.33. The summed E-state index contributed by atoms with van der Waals surface area (Å²) in [5, 5.41) is 14.6. The minimum Gasteiger partial charge on any atom is -0.343 e. The molecule has 0 bridgehead atoms. The fraction of sp³-hybridized carbons (Fsp3) is 0.167. The molecule has 0 fully saturated rings. The minimum atomic E-state index is -4.61. The number of benzene rings is 1. The monoisotopic (exact) mass is 436 g/mol. The number of pyridine rings is 1. The highest BCUT2D eigenvalue weighted by atomic mass is 35.5. The Morgan fingerprint density at radius 3 is 2.60 bits per heavy atom. The van der Waals surface area contributed by atoms with Crippen molar-refractivity contribution in [3.63, 3.8) is 0 Å². The van der Waals surface area contributed by atoms with E-state index in [0.717, 1.165) is 21.3 Å². The lowest BCUT2D eigenvalue weighted by Gasteiger charge is -2.10. The highest BCUT2D eigenvalue weighted by Crippen LogP contribution is 2.32. The van der Waals surface area contributed by atoms with E-state index in [9.17, 15) is 22.8 Å². The number of nitrogens with one attached hydrogen (secondary N) is 1. The van der Waals surface area contributed by atoms with Gasteiger partial charge < -0.3 is 5.32 Å². The number of nitrogens with zero attached hydrogens (tertiary/aromatic N) is 5. The summed E-state index contributed by atoms with van der Waals surface area (Å²) in [5.74, 6) is -0.586. The van der Waals surface area contributed by atoms with E-state index in [2.05, 4.69) is 20.6 Å². The zero-order valence-corrected chi connectivity index (χ0v) is 16.0. The predicted octanol–water partition coefficient (Wildman–Crippen LogP) is 2.58. The standard InChI is InChI=1S/C18H12ClF3N6O2/c1-27-17(30)11-5-3-2-4-10(11)14(26-27)16(29)23-7-13-24-25-15-12(19)6-9(8-28(13)15)18(20,21)22/h2-6,8H,7H2,1H3,(H,23,29). The minimum absolute atomic E-state index is 0.00414. The van der Waals surface area contributed by atoms with Gasteiger partial charge in [0.05, 0.1) is 22.5 Å². The van der Waals surface area contributed by atoms with E-state index < -0.39 is 17.6 Å². The normalized spacial score (nSPS) is 11.9. The van der Waals surface area contributed by atoms with Crippen LogP contribution in [-0.4, -0.2) is 30.3 Å². The van der Waals surface area contributed by atoms with Crippen LogP contribution in [0.25, 0.3) is 16.4 Å². The van der Waals surface area contributed by atoms with Crippen molar-refractivity contribution in [2.45, 2.75) is 12.7 Å². The number of amides is 1. The van der Waals surface area contributed by atoms with Crippen molar-refractivity contribution >= 4 is 33.9 Å². The van der Waals surface area contributed by atoms with Crippen LogP contribution in [-0.2, 0) is 19.8 Å². The van der Waals surface area contributed by atoms with Crippen LogP contribution in [0.5, 0.6) is 0 Å². The maximum atomic E-state index is 13.1. The lowest BCUT2D eigenvalue weighted by Crippen LogP contribution is -2.29. The Hall–Kier alpha value is -3.47. The molecule has 12 heteroatoms. The van der Waals surface area contributed by atoms with Gasteiger partial charge in [0.2, 0.25) is 0 Å². The van der Waals surface area contributed by atoms with Gasteiger partial charge in [-0.1, -0.05) is 29.8 Å². The summed E-state index contributed by atoms with van der Waals surface area (Å²) >= 11 is 5.88. The Bertz CT molecular complexity index is 1360. The molecule has 0 radical (unpaired) electrons. The van der Waals surface area contributed by atoms with Crippen LogP contribution in [0, 0.1) is 0 Å². The van der Waals surface area contributed by atoms with E-state index in [4.69, 9.17) is 11.6 Å². The third-order valence-electron chi connectivity index (χ3n) is 4.44. The number of hydrogen-bond donors (Lipinski definition) is 1. The summed E-state index contributed by atoms with van der Waals surface area (Å²) in [6.45, 7) is -0.240. The van der Waals surface area contributed by atoms with Gasteiger partial charge in [-0.3, -0.25) is 14.0 Å². The second-order valence-corrected chi connectivity index (χ2v) is 6.80. The van der Waals surface area contributed by atoms with E-state index >= 15 is 0 Å². The third-order valence-corrected chi connectivity index (χ3v) is 4.71. The summed E-state index contributed by atoms with van der Waals surface area (Å²) in [4.78, 5) is 24.9. The molecule has 1 N–H and O–H groups in total. The van der Waals surface area contributed by atoms with Crippen molar-refractivity contribution in [3.8, 4) is 0 Å². The molecule has 3 aromatic heterocycles. The first-order valence-electron chi connectivity index (χ1n) is 8.51. The SMILES string of the molecule is Cn1nc(C(=O)NCc2nnc3c(Cl)cc(C(F)(F)F)cn23)c2ccccc2c1=O. The summed E-state index contributed by atoms with van der Waals surface area (Å²) < 4.78 is 41.3. The van der Waals surface area contributed by atoms with Gasteiger partial charge in [0, 0.05) is 18.6 Å². The average Bonchev–Trinajstić information content (AvgIpc) is 3.12. The molecule has 3 heterocycles. The van der Waals surface area contributed by atoms with Gasteiger partial charge in [-0.05, 0) is 12.1 Å². The van der Waals surface area contributed by atoms with Gasteiger partial charge in [0.25, 0.3) is 11.5 Å². The van der Waals surface area contributed by atoms with E-state index in [1.807, 2.05) is 0 Å². The smallest absolute Gasteiger partial charge is 0.343 e. The van der Waals surface area contributed by atoms with Crippen molar-refractivity contribution in [1.82, 2.24) is 29.7 Å². The highest BCUT2D eigenvalue weighted by Gasteiger charge is 2.32. The van der Waals surface area contributed by atoms with E-state index in [0.29, 0.717) is 10.8 Å². The molecular weight excluding hydrogens is 425 g/mol. The number of alkyl halides is 3. The van der Waals surface area contributed by atoms with Gasteiger partial charge in [0.15, 0.2) is 17.2 Å². The molecule has 0 atom stereocenters. The Kier molecular flexibility index (Phi) is 4.69. The Morgan fingerprint density at radius 2 is 1.90 bits per heavy atom. The summed E-state index contributed by atoms with van der Waals surface area (Å²) in [6.07, 6.45) is -3.80. The zero-order valence-electron chi connectivity index (χ0n) is 15.2. The van der Waals surface area contributed by atoms with Gasteiger partial charge in [-0.25, -0.2) is 4.68 Å². The third kappa shape index (κ3) is 3.36. The van der Waals surface area contributed by atoms with Crippen molar-refractivity contribution in [3.05, 3.63) is 69.0 Å². The van der Waals surface area contributed by atoms with Gasteiger partial charge >= 0.3 is 6.18 Å². The Labute approximate surface area is 170 Å². The van der Waals surface area contributed by atoms with Crippen LogP contribution < -0.4 is 10.9 Å². The van der Waals surface area contributed by atoms with E-state index in [1.54, 1.807) is 24.3 Å². The molecule has 0 aliphatic rings. The van der Waals surface area contributed by atoms with Crippen LogP contribution in [0.2, 0.25) is 5.02 Å². The summed E-state index contributed by atoms with van der Waals surface area (Å²) in [6, 6.07) is 7.24. The number of carbonyl (C=O) groups excluding carboxylic acids is 1. The molecule has 4 rings (SSSR count). The molecule has 30 heavy (non-hydrogen) atoms. The van der Waals surface area contributed by atoms with Crippen LogP contribution in [0.3, 0.4) is 0 Å². The second-order valence-electron chi connectivity index (χ2n) is 6.39. The molecule has 1 aromatic carbocycles. The first-order chi connectivity index (χ1) is 14.2. The average molecular weight is 437 g/mol. The number of carbonyl (C=O) groups is 1. The number of aryl methyl sites for hydroxylation is 1. The predicted molar refractivity (Wildman–Crippen MR) is 101 cm³/mol. The first-order valence-corrected chi connectivity index (χ1v) is 8.89. The largest absolute Gasteiger partial charge is 0.417 e. The van der Waals surface area contributed by atoms with Crippen molar-refractivity contribution in [2.24, 2.45) is 7.05 Å². The van der Waals surface area contributed by atoms with Crippen LogP contribution in [0.15, 0.2) is 41.3 Å². The van der Waals surface area contributed by atoms with Crippen molar-refractivity contribution in [1.29, 1.82) is 0 Å². The Balaban J connectivity index is 1.68. The molecule has 0 aliphatic carbocycles. The fourth-order valence-corrected chi connectivity index (χ4v) is 3.23. The number of fused-ring (bicyclic) bond motifs is 2. The van der Waals surface area contributed by atoms with E-state index in [1.165, 1.54) is 7.05 Å². The lowest BCUT2D eigenvalue weighted by molar-refractivity contribution is -0.137. The molecule has 4 aromatic rings. The van der Waals surface area contributed by atoms with Crippen LogP contribution in [0.1, 0.15) is 21.9 Å². The molecular formula is C18H12ClF3N6O2. The molecule has 0 aliphatic heterocycles. The lowest BCUT2D eigenvalue weighted by atomic mass is 10.1. The maximum absolute atomic E-state index is 13.1. The molecule has 154 valence electrons. The van der Waals surface area contributed by atoms with Gasteiger partial charge in [-0.2, -0.15) is 18.3 Å². The fourth-order valence-electron chi connectivity index (χ4n) is 2.99. The Morgan fingerprint density at radius 1 is 1.20 bits per heavy atom. The number of aromatic nitrogens is 5. The first kappa shape index (κ1) is 19.8. The van der Waals surface area contributed by atoms with Gasteiger partial charge in [-0.15, -0.1) is 10.2 Å². The molecule has 0 saturated carbocycles. The molecule has 8 nitrogen and oxygen atoms in total. The molecule has 0 saturated heterocycles. The zero-order chi connectivity index (χ0) is 21.6. The quantitative estimate of drug-likeness (QED) is 0.532. The van der Waals surface area contributed by atoms with Crippen LogP contribution >= 0.6 is 11.6 Å². The summed E-state index contributed by atoms with van der Waals surface area (Å²) in [7, 11) is 1.41.